The molecule has 4 heteroatoms. The molecule has 0 fully saturated rings. The van der Waals surface area contributed by atoms with Crippen LogP contribution in [-0.2, 0) is 0 Å². The highest BCUT2D eigenvalue weighted by Crippen LogP contribution is 2.01. The highest BCUT2D eigenvalue weighted by molar-refractivity contribution is 4.59. The predicted molar refractivity (Wildman–Crippen MR) is 26.5 cm³/mol. The summed E-state index contributed by atoms with van der Waals surface area (Å²) in [5.41, 5.74) is 0. The first-order chi connectivity index (χ1) is 3.18. The van der Waals surface area contributed by atoms with E-state index in [2.05, 4.69) is 0 Å². The molecule has 2 unspecified atom stereocenters. The fraction of sp³-hybridized carbons (Fsp3) is 1.00. The Morgan fingerprint density at radius 1 is 1.38 bits per heavy atom. The first-order valence-corrected chi connectivity index (χ1v) is 2.02. The Morgan fingerprint density at radius 2 is 1.75 bits per heavy atom. The van der Waals surface area contributed by atoms with Gasteiger partial charge in [0.1, 0.15) is 12.8 Å². The molecule has 0 aliphatic rings. The molecule has 0 heterocycles. The van der Waals surface area contributed by atoms with Gasteiger partial charge in [0.25, 0.3) is 0 Å². The molecule has 2 atom stereocenters. The van der Waals surface area contributed by atoms with E-state index in [4.69, 9.17) is 0 Å². The van der Waals surface area contributed by atoms with Crippen LogP contribution in [0.4, 0.5) is 13.2 Å². The fourth-order valence-corrected chi connectivity index (χ4v) is 0.123. The molecule has 8 heavy (non-hydrogen) atoms. The van der Waals surface area contributed by atoms with E-state index in [0.717, 1.165) is 6.92 Å². The molecule has 0 aliphatic carbocycles. The van der Waals surface area contributed by atoms with E-state index in [1.165, 1.54) is 0 Å². The average Bonchev–Trinajstić information content (AvgIpc) is 1.65. The molecule has 0 aromatic rings. The predicted octanol–water partition coefficient (Wildman–Crippen LogP) is 1.81. The van der Waals surface area contributed by atoms with E-state index in [1.807, 2.05) is 0 Å². The normalized spacial score (nSPS) is 16.5. The van der Waals surface area contributed by atoms with Gasteiger partial charge in [-0.3, -0.25) is 0 Å². The van der Waals surface area contributed by atoms with Gasteiger partial charge < -0.3 is 6.15 Å². The number of hydrogen-bond acceptors (Lipinski definition) is 1. The Kier molecular flexibility index (Phi) is 6.54. The molecule has 0 bridgehead atoms. The van der Waals surface area contributed by atoms with Crippen molar-refractivity contribution >= 4 is 0 Å². The van der Waals surface area contributed by atoms with Crippen molar-refractivity contribution in [3.05, 3.63) is 0 Å². The van der Waals surface area contributed by atoms with Gasteiger partial charge in [0.15, 0.2) is 6.17 Å². The Balaban J connectivity index is 0. The maximum atomic E-state index is 11.5. The van der Waals surface area contributed by atoms with Crippen LogP contribution < -0.4 is 6.15 Å². The van der Waals surface area contributed by atoms with E-state index in [1.54, 1.807) is 0 Å². The summed E-state index contributed by atoms with van der Waals surface area (Å²) in [5.74, 6) is 0. The first kappa shape index (κ1) is 10.7. The lowest BCUT2D eigenvalue weighted by Gasteiger charge is -2.00. The molecule has 1 nitrogen and oxygen atoms in total. The first-order valence-electron chi connectivity index (χ1n) is 2.02. The van der Waals surface area contributed by atoms with Crippen molar-refractivity contribution in [1.29, 1.82) is 0 Å². The molecular weight excluding hydrogens is 119 g/mol. The van der Waals surface area contributed by atoms with Crippen molar-refractivity contribution < 1.29 is 13.2 Å². The third-order valence-corrected chi connectivity index (χ3v) is 0.646. The molecule has 0 aliphatic heterocycles. The highest BCUT2D eigenvalue weighted by atomic mass is 19.2. The Labute approximate surface area is 46.5 Å². The molecule has 0 amide bonds. The van der Waals surface area contributed by atoms with Gasteiger partial charge in [0.05, 0.1) is 0 Å². The summed E-state index contributed by atoms with van der Waals surface area (Å²) in [6.45, 7) is -0.234. The van der Waals surface area contributed by atoms with Crippen LogP contribution in [0.1, 0.15) is 6.92 Å². The second kappa shape index (κ2) is 4.90. The summed E-state index contributed by atoms with van der Waals surface area (Å²) in [4.78, 5) is 0. The van der Waals surface area contributed by atoms with Crippen molar-refractivity contribution in [2.45, 2.75) is 19.3 Å². The molecule has 0 radical (unpaired) electrons. The van der Waals surface area contributed by atoms with Gasteiger partial charge in [0, 0.05) is 0 Å². The van der Waals surface area contributed by atoms with Gasteiger partial charge in [-0.2, -0.15) is 0 Å². The largest absolute Gasteiger partial charge is 0.344 e. The van der Waals surface area contributed by atoms with E-state index >= 15 is 0 Å². The van der Waals surface area contributed by atoms with Crippen LogP contribution in [0.25, 0.3) is 0 Å². The third kappa shape index (κ3) is 3.92. The van der Waals surface area contributed by atoms with Gasteiger partial charge in [-0.1, -0.05) is 0 Å². The van der Waals surface area contributed by atoms with Crippen LogP contribution in [0.15, 0.2) is 0 Å². The van der Waals surface area contributed by atoms with Crippen LogP contribution in [0, 0.1) is 0 Å². The molecule has 0 spiro atoms. The Hall–Kier alpha value is -0.250. The van der Waals surface area contributed by atoms with Gasteiger partial charge in [-0.25, -0.2) is 13.2 Å². The highest BCUT2D eigenvalue weighted by Gasteiger charge is 2.12. The van der Waals surface area contributed by atoms with Crippen LogP contribution in [-0.4, -0.2) is 19.0 Å². The smallest absolute Gasteiger partial charge is 0.159 e. The minimum absolute atomic E-state index is 0. The summed E-state index contributed by atoms with van der Waals surface area (Å²) in [7, 11) is 0. The quantitative estimate of drug-likeness (QED) is 0.606. The summed E-state index contributed by atoms with van der Waals surface area (Å²) >= 11 is 0. The van der Waals surface area contributed by atoms with E-state index < -0.39 is 19.0 Å². The zero-order valence-corrected chi connectivity index (χ0v) is 4.70. The molecular formula is C4H10F3N. The molecule has 0 rings (SSSR count). The summed E-state index contributed by atoms with van der Waals surface area (Å²) < 4.78 is 34.0. The van der Waals surface area contributed by atoms with E-state index in [9.17, 15) is 13.2 Å². The molecule has 52 valence electrons. The van der Waals surface area contributed by atoms with Crippen molar-refractivity contribution in [3.63, 3.8) is 0 Å². The van der Waals surface area contributed by atoms with Crippen molar-refractivity contribution in [2.24, 2.45) is 0 Å². The van der Waals surface area contributed by atoms with Crippen LogP contribution in [0.2, 0.25) is 0 Å². The topological polar surface area (TPSA) is 35.0 Å². The zero-order chi connectivity index (χ0) is 5.86. The minimum Gasteiger partial charge on any atom is -0.344 e. The molecule has 0 aromatic carbocycles. The second-order valence-corrected chi connectivity index (χ2v) is 1.35. The maximum absolute atomic E-state index is 11.5. The number of halogens is 3. The average molecular weight is 129 g/mol. The lowest BCUT2D eigenvalue weighted by atomic mass is 10.3. The third-order valence-electron chi connectivity index (χ3n) is 0.646. The lowest BCUT2D eigenvalue weighted by Crippen LogP contribution is -2.14. The van der Waals surface area contributed by atoms with Crippen LogP contribution in [0.5, 0.6) is 0 Å². The SMILES string of the molecule is CC(F)C(F)CF.N. The number of rotatable bonds is 2. The lowest BCUT2D eigenvalue weighted by molar-refractivity contribution is 0.150. The Morgan fingerprint density at radius 3 is 1.75 bits per heavy atom. The van der Waals surface area contributed by atoms with E-state index in [0.29, 0.717) is 0 Å². The number of hydrogen-bond donors (Lipinski definition) is 1. The summed E-state index contributed by atoms with van der Waals surface area (Å²) in [6, 6.07) is 0. The van der Waals surface area contributed by atoms with E-state index in [-0.39, 0.29) is 6.15 Å². The van der Waals surface area contributed by atoms with Gasteiger partial charge in [-0.15, -0.1) is 0 Å². The fourth-order valence-electron chi connectivity index (χ4n) is 0.123. The molecule has 0 saturated carbocycles. The van der Waals surface area contributed by atoms with Crippen LogP contribution in [0.3, 0.4) is 0 Å². The van der Waals surface area contributed by atoms with Crippen molar-refractivity contribution in [1.82, 2.24) is 6.15 Å². The summed E-state index contributed by atoms with van der Waals surface area (Å²) in [6.07, 6.45) is -3.61. The minimum atomic E-state index is -1.93. The number of alkyl halides is 3. The monoisotopic (exact) mass is 129 g/mol. The molecule has 0 aromatic heterocycles. The Bertz CT molecular complexity index is 48.5. The van der Waals surface area contributed by atoms with Crippen molar-refractivity contribution in [2.75, 3.05) is 6.67 Å². The van der Waals surface area contributed by atoms with Gasteiger partial charge in [0.2, 0.25) is 0 Å². The standard InChI is InChI=1S/C4H7F3.H3N/c1-3(6)4(7)2-5;/h3-4H,2H2,1H3;1H3. The van der Waals surface area contributed by atoms with Gasteiger partial charge in [-0.05, 0) is 6.92 Å². The molecule has 3 N–H and O–H groups in total. The maximum Gasteiger partial charge on any atom is 0.159 e. The van der Waals surface area contributed by atoms with Crippen LogP contribution >= 0.6 is 0 Å². The van der Waals surface area contributed by atoms with Crippen molar-refractivity contribution in [3.8, 4) is 0 Å². The second-order valence-electron chi connectivity index (χ2n) is 1.35. The van der Waals surface area contributed by atoms with Gasteiger partial charge >= 0.3 is 0 Å². The molecule has 0 saturated heterocycles. The zero-order valence-electron chi connectivity index (χ0n) is 4.70. The summed E-state index contributed by atoms with van der Waals surface area (Å²) in [5, 5.41) is 0.